The third-order valence-corrected chi connectivity index (χ3v) is 2.43. The highest BCUT2D eigenvalue weighted by molar-refractivity contribution is 5.62. The minimum atomic E-state index is 0.254. The number of hydrogen-bond donors (Lipinski definition) is 2. The van der Waals surface area contributed by atoms with Crippen LogP contribution in [0.15, 0.2) is 30.5 Å². The van der Waals surface area contributed by atoms with Gasteiger partial charge in [-0.15, -0.1) is 0 Å². The number of nitrogens with zero attached hydrogens (tertiary/aromatic N) is 2. The normalized spacial score (nSPS) is 12.5. The SMILES string of the molecule is NNc1ccnc(-c2ccc3c(c2)OCO3)n1. The molecular weight excluding hydrogens is 220 g/mol. The number of anilines is 1. The highest BCUT2D eigenvalue weighted by atomic mass is 16.7. The summed E-state index contributed by atoms with van der Waals surface area (Å²) < 4.78 is 10.5. The van der Waals surface area contributed by atoms with Crippen LogP contribution in [0, 0.1) is 0 Å². The van der Waals surface area contributed by atoms with Crippen LogP contribution in [0.1, 0.15) is 0 Å². The highest BCUT2D eigenvalue weighted by Gasteiger charge is 2.14. The summed E-state index contributed by atoms with van der Waals surface area (Å²) in [6, 6.07) is 7.25. The summed E-state index contributed by atoms with van der Waals surface area (Å²) in [6.07, 6.45) is 1.64. The number of benzene rings is 1. The van der Waals surface area contributed by atoms with E-state index in [2.05, 4.69) is 15.4 Å². The molecule has 3 N–H and O–H groups in total. The van der Waals surface area contributed by atoms with E-state index in [1.165, 1.54) is 0 Å². The molecule has 2 aromatic rings. The van der Waals surface area contributed by atoms with Gasteiger partial charge in [-0.1, -0.05) is 0 Å². The Kier molecular flexibility index (Phi) is 2.27. The summed E-state index contributed by atoms with van der Waals surface area (Å²) in [6.45, 7) is 0.254. The monoisotopic (exact) mass is 230 g/mol. The fraction of sp³-hybridized carbons (Fsp3) is 0.0909. The molecule has 0 saturated carbocycles. The molecule has 3 rings (SSSR count). The van der Waals surface area contributed by atoms with Gasteiger partial charge in [-0.2, -0.15) is 0 Å². The van der Waals surface area contributed by atoms with Crippen LogP contribution in [-0.2, 0) is 0 Å². The van der Waals surface area contributed by atoms with Crippen molar-refractivity contribution in [1.29, 1.82) is 0 Å². The van der Waals surface area contributed by atoms with E-state index in [-0.39, 0.29) is 6.79 Å². The molecule has 1 aromatic heterocycles. The summed E-state index contributed by atoms with van der Waals surface area (Å²) in [5.41, 5.74) is 3.34. The van der Waals surface area contributed by atoms with Gasteiger partial charge >= 0.3 is 0 Å². The van der Waals surface area contributed by atoms with Gasteiger partial charge in [-0.05, 0) is 18.2 Å². The van der Waals surface area contributed by atoms with Crippen molar-refractivity contribution in [3.8, 4) is 22.9 Å². The first-order chi connectivity index (χ1) is 8.36. The fourth-order valence-corrected chi connectivity index (χ4v) is 1.61. The van der Waals surface area contributed by atoms with E-state index in [1.807, 2.05) is 18.2 Å². The smallest absolute Gasteiger partial charge is 0.231 e. The molecule has 86 valence electrons. The third-order valence-electron chi connectivity index (χ3n) is 2.43. The largest absolute Gasteiger partial charge is 0.454 e. The second kappa shape index (κ2) is 3.91. The second-order valence-corrected chi connectivity index (χ2v) is 3.48. The maximum absolute atomic E-state index is 5.30. The molecule has 0 aliphatic carbocycles. The molecule has 1 aliphatic rings. The summed E-state index contributed by atoms with van der Waals surface area (Å²) in [5.74, 6) is 7.89. The maximum Gasteiger partial charge on any atom is 0.231 e. The molecule has 1 aliphatic heterocycles. The quantitative estimate of drug-likeness (QED) is 0.595. The highest BCUT2D eigenvalue weighted by Crippen LogP contribution is 2.34. The summed E-state index contributed by atoms with van der Waals surface area (Å²) in [4.78, 5) is 8.42. The van der Waals surface area contributed by atoms with Crippen molar-refractivity contribution in [1.82, 2.24) is 9.97 Å². The van der Waals surface area contributed by atoms with Gasteiger partial charge in [0.25, 0.3) is 0 Å². The molecule has 6 nitrogen and oxygen atoms in total. The molecule has 17 heavy (non-hydrogen) atoms. The van der Waals surface area contributed by atoms with Crippen molar-refractivity contribution in [2.75, 3.05) is 12.2 Å². The van der Waals surface area contributed by atoms with Crippen LogP contribution >= 0.6 is 0 Å². The van der Waals surface area contributed by atoms with E-state index in [9.17, 15) is 0 Å². The zero-order valence-corrected chi connectivity index (χ0v) is 8.88. The molecule has 0 bridgehead atoms. The Labute approximate surface area is 97.4 Å². The van der Waals surface area contributed by atoms with Gasteiger partial charge in [0.1, 0.15) is 5.82 Å². The second-order valence-electron chi connectivity index (χ2n) is 3.48. The molecule has 1 aromatic carbocycles. The van der Waals surface area contributed by atoms with E-state index < -0.39 is 0 Å². The summed E-state index contributed by atoms with van der Waals surface area (Å²) in [5, 5.41) is 0. The van der Waals surface area contributed by atoms with Crippen molar-refractivity contribution < 1.29 is 9.47 Å². The zero-order valence-electron chi connectivity index (χ0n) is 8.88. The van der Waals surface area contributed by atoms with Crippen molar-refractivity contribution >= 4 is 5.82 Å². The van der Waals surface area contributed by atoms with Gasteiger partial charge in [0, 0.05) is 17.8 Å². The molecule has 2 heterocycles. The number of hydrazine groups is 1. The summed E-state index contributed by atoms with van der Waals surface area (Å²) in [7, 11) is 0. The lowest BCUT2D eigenvalue weighted by Crippen LogP contribution is -2.09. The van der Waals surface area contributed by atoms with Crippen LogP contribution in [0.2, 0.25) is 0 Å². The first-order valence-electron chi connectivity index (χ1n) is 5.06. The number of nitrogens with one attached hydrogen (secondary N) is 1. The molecule has 0 radical (unpaired) electrons. The number of hydrogen-bond acceptors (Lipinski definition) is 6. The Hall–Kier alpha value is -2.34. The van der Waals surface area contributed by atoms with E-state index in [0.717, 1.165) is 11.3 Å². The van der Waals surface area contributed by atoms with Crippen LogP contribution in [0.25, 0.3) is 11.4 Å². The molecule has 0 saturated heterocycles. The zero-order chi connectivity index (χ0) is 11.7. The minimum absolute atomic E-state index is 0.254. The van der Waals surface area contributed by atoms with Crippen LogP contribution in [0.4, 0.5) is 5.82 Å². The van der Waals surface area contributed by atoms with Crippen LogP contribution < -0.4 is 20.7 Å². The molecule has 0 atom stereocenters. The molecular formula is C11H10N4O2. The number of nitrogen functional groups attached to an aromatic ring is 1. The van der Waals surface area contributed by atoms with Gasteiger partial charge in [-0.25, -0.2) is 15.8 Å². The van der Waals surface area contributed by atoms with E-state index in [4.69, 9.17) is 15.3 Å². The van der Waals surface area contributed by atoms with Crippen LogP contribution in [0.5, 0.6) is 11.5 Å². The molecule has 6 heteroatoms. The fourth-order valence-electron chi connectivity index (χ4n) is 1.61. The maximum atomic E-state index is 5.30. The van der Waals surface area contributed by atoms with Crippen LogP contribution in [0.3, 0.4) is 0 Å². The van der Waals surface area contributed by atoms with E-state index in [0.29, 0.717) is 17.4 Å². The first-order valence-corrected chi connectivity index (χ1v) is 5.06. The molecule has 0 amide bonds. The lowest BCUT2D eigenvalue weighted by Gasteiger charge is -2.03. The number of fused-ring (bicyclic) bond motifs is 1. The van der Waals surface area contributed by atoms with Gasteiger partial charge in [0.2, 0.25) is 6.79 Å². The molecule has 0 spiro atoms. The minimum Gasteiger partial charge on any atom is -0.454 e. The van der Waals surface area contributed by atoms with Gasteiger partial charge in [-0.3, -0.25) is 0 Å². The Morgan fingerprint density at radius 3 is 2.94 bits per heavy atom. The number of rotatable bonds is 2. The van der Waals surface area contributed by atoms with Crippen molar-refractivity contribution in [3.63, 3.8) is 0 Å². The lowest BCUT2D eigenvalue weighted by molar-refractivity contribution is 0.174. The van der Waals surface area contributed by atoms with Gasteiger partial charge in [0.05, 0.1) is 0 Å². The topological polar surface area (TPSA) is 82.3 Å². The first kappa shape index (κ1) is 9.86. The summed E-state index contributed by atoms with van der Waals surface area (Å²) >= 11 is 0. The van der Waals surface area contributed by atoms with Crippen molar-refractivity contribution in [2.24, 2.45) is 5.84 Å². The number of aromatic nitrogens is 2. The Balaban J connectivity index is 2.03. The number of nitrogens with two attached hydrogens (primary N) is 1. The van der Waals surface area contributed by atoms with Crippen molar-refractivity contribution in [2.45, 2.75) is 0 Å². The predicted octanol–water partition coefficient (Wildman–Crippen LogP) is 1.16. The van der Waals surface area contributed by atoms with Crippen LogP contribution in [-0.4, -0.2) is 16.8 Å². The van der Waals surface area contributed by atoms with Gasteiger partial charge in [0.15, 0.2) is 17.3 Å². The predicted molar refractivity (Wildman–Crippen MR) is 61.4 cm³/mol. The molecule has 0 fully saturated rings. The lowest BCUT2D eigenvalue weighted by atomic mass is 10.2. The van der Waals surface area contributed by atoms with Gasteiger partial charge < -0.3 is 14.9 Å². The Bertz CT molecular complexity index is 559. The van der Waals surface area contributed by atoms with E-state index >= 15 is 0 Å². The van der Waals surface area contributed by atoms with E-state index in [1.54, 1.807) is 12.3 Å². The average Bonchev–Trinajstić information content (AvgIpc) is 2.86. The average molecular weight is 230 g/mol. The Morgan fingerprint density at radius 1 is 1.18 bits per heavy atom. The Morgan fingerprint density at radius 2 is 2.06 bits per heavy atom. The standard InChI is InChI=1S/C11H10N4O2/c12-15-10-3-4-13-11(14-10)7-1-2-8-9(5-7)17-6-16-8/h1-5H,6,12H2,(H,13,14,15). The third kappa shape index (κ3) is 1.74. The number of ether oxygens (including phenoxy) is 2. The van der Waals surface area contributed by atoms with Crippen molar-refractivity contribution in [3.05, 3.63) is 30.5 Å². The molecule has 0 unspecified atom stereocenters.